The van der Waals surface area contributed by atoms with Crippen LogP contribution in [-0.4, -0.2) is 41.6 Å². The molecule has 2 aromatic rings. The van der Waals surface area contributed by atoms with Crippen molar-refractivity contribution in [3.63, 3.8) is 0 Å². The Kier molecular flexibility index (Phi) is 7.36. The third-order valence-corrected chi connectivity index (χ3v) is 5.42. The highest BCUT2D eigenvalue weighted by Crippen LogP contribution is 2.28. The fourth-order valence-corrected chi connectivity index (χ4v) is 3.81. The van der Waals surface area contributed by atoms with Gasteiger partial charge in [0.1, 0.15) is 5.76 Å². The Hall–Kier alpha value is -2.48. The number of thioether (sulfide) groups is 1. The van der Waals surface area contributed by atoms with E-state index < -0.39 is 0 Å². The molecule has 1 fully saturated rings. The quantitative estimate of drug-likeness (QED) is 0.735. The van der Waals surface area contributed by atoms with Gasteiger partial charge in [-0.2, -0.15) is 0 Å². The largest absolute Gasteiger partial charge is 0.370 e. The molecular weight excluding hydrogens is 376 g/mol. The second-order valence-electron chi connectivity index (χ2n) is 6.83. The number of amides is 2. The third kappa shape index (κ3) is 6.02. The van der Waals surface area contributed by atoms with Crippen molar-refractivity contribution in [3.8, 4) is 0 Å². The highest BCUT2D eigenvalue weighted by atomic mass is 32.2. The lowest BCUT2D eigenvalue weighted by atomic mass is 10.2. The van der Waals surface area contributed by atoms with Crippen LogP contribution in [0.25, 0.3) is 0 Å². The standard InChI is InChI=1S/C20H26N4O3S/c1-15-12-18(23-27-15)22-20(26)14-28-13-19(25)21-16-8-4-5-9-17(16)24-10-6-2-3-7-11-24/h4-5,8-9,12H,2-3,6-7,10-11,13-14H2,1H3,(H,21,25)(H,22,23,26). The van der Waals surface area contributed by atoms with Crippen LogP contribution in [-0.2, 0) is 9.59 Å². The summed E-state index contributed by atoms with van der Waals surface area (Å²) in [6.45, 7) is 3.79. The number of benzene rings is 1. The molecule has 0 bridgehead atoms. The summed E-state index contributed by atoms with van der Waals surface area (Å²) in [5.41, 5.74) is 1.90. The van der Waals surface area contributed by atoms with Crippen LogP contribution in [0.4, 0.5) is 17.2 Å². The number of nitrogens with one attached hydrogen (secondary N) is 2. The van der Waals surface area contributed by atoms with Gasteiger partial charge in [0.2, 0.25) is 11.8 Å². The highest BCUT2D eigenvalue weighted by molar-refractivity contribution is 8.00. The fourth-order valence-electron chi connectivity index (χ4n) is 3.19. The van der Waals surface area contributed by atoms with Gasteiger partial charge in [0, 0.05) is 19.2 Å². The number of aryl methyl sites for hydroxylation is 1. The van der Waals surface area contributed by atoms with Gasteiger partial charge in [-0.3, -0.25) is 9.59 Å². The molecule has 1 aromatic carbocycles. The van der Waals surface area contributed by atoms with Gasteiger partial charge in [-0.15, -0.1) is 11.8 Å². The molecule has 8 heteroatoms. The summed E-state index contributed by atoms with van der Waals surface area (Å²) in [7, 11) is 0. The number of nitrogens with zero attached hydrogens (tertiary/aromatic N) is 2. The van der Waals surface area contributed by atoms with E-state index in [2.05, 4.69) is 26.8 Å². The van der Waals surface area contributed by atoms with E-state index in [9.17, 15) is 9.59 Å². The van der Waals surface area contributed by atoms with Crippen molar-refractivity contribution in [3.05, 3.63) is 36.1 Å². The molecular formula is C20H26N4O3S. The molecule has 0 aliphatic carbocycles. The first-order chi connectivity index (χ1) is 13.6. The first kappa shape index (κ1) is 20.3. The van der Waals surface area contributed by atoms with Gasteiger partial charge in [0.25, 0.3) is 0 Å². The topological polar surface area (TPSA) is 87.5 Å². The molecule has 1 aliphatic rings. The predicted octanol–water partition coefficient (Wildman–Crippen LogP) is 3.67. The number of carbonyl (C=O) groups excluding carboxylic acids is 2. The number of rotatable bonds is 7. The van der Waals surface area contributed by atoms with Gasteiger partial charge in [-0.25, -0.2) is 0 Å². The third-order valence-electron chi connectivity index (χ3n) is 4.49. The van der Waals surface area contributed by atoms with E-state index in [0.717, 1.165) is 24.5 Å². The van der Waals surface area contributed by atoms with E-state index in [0.29, 0.717) is 11.6 Å². The molecule has 2 amide bonds. The minimum atomic E-state index is -0.212. The molecule has 1 aliphatic heterocycles. The minimum absolute atomic E-state index is 0.114. The normalized spacial score (nSPS) is 14.4. The predicted molar refractivity (Wildman–Crippen MR) is 113 cm³/mol. The van der Waals surface area contributed by atoms with Crippen LogP contribution in [0.5, 0.6) is 0 Å². The minimum Gasteiger partial charge on any atom is -0.370 e. The van der Waals surface area contributed by atoms with Crippen LogP contribution in [0.15, 0.2) is 34.9 Å². The van der Waals surface area contributed by atoms with Crippen molar-refractivity contribution in [2.75, 3.05) is 40.1 Å². The summed E-state index contributed by atoms with van der Waals surface area (Å²) >= 11 is 1.26. The second-order valence-corrected chi connectivity index (χ2v) is 7.82. The average Bonchev–Trinajstić information content (AvgIpc) is 2.92. The van der Waals surface area contributed by atoms with Gasteiger partial charge in [-0.1, -0.05) is 30.1 Å². The lowest BCUT2D eigenvalue weighted by Crippen LogP contribution is -2.26. The number of hydrogen-bond donors (Lipinski definition) is 2. The molecule has 2 heterocycles. The molecule has 2 N–H and O–H groups in total. The molecule has 0 atom stereocenters. The maximum absolute atomic E-state index is 12.3. The van der Waals surface area contributed by atoms with Crippen molar-refractivity contribution in [2.45, 2.75) is 32.6 Å². The number of para-hydroxylation sites is 2. The molecule has 3 rings (SSSR count). The van der Waals surface area contributed by atoms with Crippen molar-refractivity contribution < 1.29 is 14.1 Å². The number of carbonyl (C=O) groups is 2. The molecule has 7 nitrogen and oxygen atoms in total. The number of hydrogen-bond acceptors (Lipinski definition) is 6. The lowest BCUT2D eigenvalue weighted by molar-refractivity contribution is -0.114. The van der Waals surface area contributed by atoms with E-state index in [1.54, 1.807) is 13.0 Å². The van der Waals surface area contributed by atoms with Crippen LogP contribution in [0, 0.1) is 6.92 Å². The van der Waals surface area contributed by atoms with Gasteiger partial charge in [-0.05, 0) is 31.9 Å². The Balaban J connectivity index is 1.47. The van der Waals surface area contributed by atoms with Gasteiger partial charge < -0.3 is 20.1 Å². The van der Waals surface area contributed by atoms with Crippen molar-refractivity contribution >= 4 is 40.8 Å². The summed E-state index contributed by atoms with van der Waals surface area (Å²) in [5.74, 6) is 1.07. The molecule has 28 heavy (non-hydrogen) atoms. The zero-order chi connectivity index (χ0) is 19.8. The Morgan fingerprint density at radius 2 is 1.75 bits per heavy atom. The SMILES string of the molecule is Cc1cc(NC(=O)CSCC(=O)Nc2ccccc2N2CCCCCC2)no1. The lowest BCUT2D eigenvalue weighted by Gasteiger charge is -2.25. The summed E-state index contributed by atoms with van der Waals surface area (Å²) in [5, 5.41) is 9.35. The molecule has 0 spiro atoms. The van der Waals surface area contributed by atoms with Crippen LogP contribution in [0.1, 0.15) is 31.4 Å². The molecule has 0 radical (unpaired) electrons. The van der Waals surface area contributed by atoms with E-state index in [1.165, 1.54) is 37.4 Å². The van der Waals surface area contributed by atoms with Crippen molar-refractivity contribution in [2.24, 2.45) is 0 Å². The monoisotopic (exact) mass is 402 g/mol. The van der Waals surface area contributed by atoms with Crippen LogP contribution in [0.2, 0.25) is 0 Å². The van der Waals surface area contributed by atoms with Crippen LogP contribution in [0.3, 0.4) is 0 Å². The van der Waals surface area contributed by atoms with E-state index in [4.69, 9.17) is 4.52 Å². The maximum atomic E-state index is 12.3. The first-order valence-corrected chi connectivity index (χ1v) is 10.7. The summed E-state index contributed by atoms with van der Waals surface area (Å²) in [6.07, 6.45) is 4.88. The molecule has 1 aromatic heterocycles. The van der Waals surface area contributed by atoms with Crippen LogP contribution < -0.4 is 15.5 Å². The number of anilines is 3. The summed E-state index contributed by atoms with van der Waals surface area (Å²) in [6, 6.07) is 9.57. The molecule has 0 unspecified atom stereocenters. The smallest absolute Gasteiger partial charge is 0.235 e. The van der Waals surface area contributed by atoms with Crippen molar-refractivity contribution in [1.29, 1.82) is 0 Å². The summed E-state index contributed by atoms with van der Waals surface area (Å²) < 4.78 is 4.90. The number of aromatic nitrogens is 1. The molecule has 1 saturated heterocycles. The Morgan fingerprint density at radius 3 is 2.43 bits per heavy atom. The zero-order valence-corrected chi connectivity index (χ0v) is 16.9. The Morgan fingerprint density at radius 1 is 1.07 bits per heavy atom. The fraction of sp³-hybridized carbons (Fsp3) is 0.450. The maximum Gasteiger partial charge on any atom is 0.235 e. The average molecular weight is 403 g/mol. The first-order valence-electron chi connectivity index (χ1n) is 9.56. The van der Waals surface area contributed by atoms with E-state index in [-0.39, 0.29) is 23.3 Å². The van der Waals surface area contributed by atoms with E-state index >= 15 is 0 Å². The van der Waals surface area contributed by atoms with Gasteiger partial charge in [0.05, 0.1) is 22.9 Å². The van der Waals surface area contributed by atoms with E-state index in [1.807, 2.05) is 18.2 Å². The molecule has 150 valence electrons. The highest BCUT2D eigenvalue weighted by Gasteiger charge is 2.15. The Labute approximate surface area is 169 Å². The van der Waals surface area contributed by atoms with Crippen LogP contribution >= 0.6 is 11.8 Å². The van der Waals surface area contributed by atoms with Crippen molar-refractivity contribution in [1.82, 2.24) is 5.16 Å². The summed E-state index contributed by atoms with van der Waals surface area (Å²) in [4.78, 5) is 26.6. The zero-order valence-electron chi connectivity index (χ0n) is 16.1. The molecule has 0 saturated carbocycles. The second kappa shape index (κ2) is 10.2. The van der Waals surface area contributed by atoms with Gasteiger partial charge in [0.15, 0.2) is 5.82 Å². The van der Waals surface area contributed by atoms with Gasteiger partial charge >= 0.3 is 0 Å². The Bertz CT molecular complexity index is 800.